The number of hydrazone groups is 1. The van der Waals surface area contributed by atoms with E-state index in [-0.39, 0.29) is 0 Å². The molecule has 0 amide bonds. The molecule has 0 aliphatic carbocycles. The van der Waals surface area contributed by atoms with Crippen molar-refractivity contribution in [2.75, 3.05) is 5.01 Å². The molecular weight excluding hydrogens is 246 g/mol. The van der Waals surface area contributed by atoms with Crippen LogP contribution in [-0.4, -0.2) is 28.1 Å². The average molecular weight is 254 g/mol. The summed E-state index contributed by atoms with van der Waals surface area (Å²) in [5, 5.41) is 22.4. The molecule has 1 aliphatic rings. The summed E-state index contributed by atoms with van der Waals surface area (Å²) in [5.74, 6) is -3.25. The third kappa shape index (κ3) is 2.07. The van der Waals surface area contributed by atoms with Gasteiger partial charge in [0.1, 0.15) is 5.69 Å². The van der Waals surface area contributed by atoms with Gasteiger partial charge in [0.25, 0.3) is 0 Å². The van der Waals surface area contributed by atoms with Crippen LogP contribution in [0.5, 0.6) is 0 Å². The molecule has 1 atom stereocenters. The molecule has 1 heterocycles. The van der Waals surface area contributed by atoms with Gasteiger partial charge in [-0.3, -0.25) is 0 Å². The Morgan fingerprint density at radius 3 is 2.50 bits per heavy atom. The number of halogens is 2. The molecule has 0 bridgehead atoms. The molecule has 1 unspecified atom stereocenters. The number of nitrogens with zero attached hydrogens (tertiary/aromatic N) is 2. The second-order valence-corrected chi connectivity index (χ2v) is 3.48. The number of aliphatic carboxylic acids is 1. The van der Waals surface area contributed by atoms with E-state index in [2.05, 4.69) is 5.10 Å². The first-order valence-electron chi connectivity index (χ1n) is 4.92. The highest BCUT2D eigenvalue weighted by molar-refractivity contribution is 6.40. The van der Waals surface area contributed by atoms with Gasteiger partial charge in [-0.25, -0.2) is 18.6 Å². The van der Waals surface area contributed by atoms with Crippen molar-refractivity contribution in [3.05, 3.63) is 42.0 Å². The van der Waals surface area contributed by atoms with E-state index in [1.54, 1.807) is 0 Å². The minimum absolute atomic E-state index is 0.428. The van der Waals surface area contributed by atoms with Crippen molar-refractivity contribution >= 4 is 17.4 Å². The third-order valence-electron chi connectivity index (χ3n) is 2.28. The first-order chi connectivity index (χ1) is 8.50. The second-order valence-electron chi connectivity index (χ2n) is 3.48. The molecule has 0 saturated heterocycles. The van der Waals surface area contributed by atoms with Gasteiger partial charge < -0.3 is 10.2 Å². The van der Waals surface area contributed by atoms with Crippen LogP contribution in [0, 0.1) is 11.6 Å². The van der Waals surface area contributed by atoms with Gasteiger partial charge in [0.2, 0.25) is 0 Å². The molecular formula is C11H8F2N2O3. The van der Waals surface area contributed by atoms with Crippen molar-refractivity contribution < 1.29 is 23.8 Å². The Morgan fingerprint density at radius 2 is 1.94 bits per heavy atom. The van der Waals surface area contributed by atoms with Crippen LogP contribution in [0.1, 0.15) is 0 Å². The van der Waals surface area contributed by atoms with Gasteiger partial charge in [0, 0.05) is 0 Å². The van der Waals surface area contributed by atoms with Gasteiger partial charge in [-0.1, -0.05) is 6.07 Å². The first-order valence-corrected chi connectivity index (χ1v) is 4.92. The number of carboxylic acids is 1. The second kappa shape index (κ2) is 4.53. The van der Waals surface area contributed by atoms with Crippen molar-refractivity contribution in [1.29, 1.82) is 0 Å². The van der Waals surface area contributed by atoms with Crippen LogP contribution >= 0.6 is 0 Å². The normalized spacial score (nSPS) is 18.7. The molecule has 0 radical (unpaired) electrons. The summed E-state index contributed by atoms with van der Waals surface area (Å²) in [6, 6.07) is 3.13. The predicted molar refractivity (Wildman–Crippen MR) is 59.1 cm³/mol. The molecule has 0 spiro atoms. The van der Waals surface area contributed by atoms with Crippen molar-refractivity contribution in [3.8, 4) is 0 Å². The van der Waals surface area contributed by atoms with E-state index < -0.39 is 35.2 Å². The van der Waals surface area contributed by atoms with E-state index >= 15 is 0 Å². The summed E-state index contributed by atoms with van der Waals surface area (Å²) in [5.41, 5.74) is -1.03. The molecule has 7 heteroatoms. The van der Waals surface area contributed by atoms with Gasteiger partial charge >= 0.3 is 5.97 Å². The predicted octanol–water partition coefficient (Wildman–Crippen LogP) is 1.10. The molecule has 18 heavy (non-hydrogen) atoms. The number of hydrogen-bond donors (Lipinski definition) is 2. The lowest BCUT2D eigenvalue weighted by Crippen LogP contribution is -2.35. The molecule has 2 rings (SSSR count). The Labute approximate surface area is 100 Å². The van der Waals surface area contributed by atoms with E-state index in [0.717, 1.165) is 30.4 Å². The lowest BCUT2D eigenvalue weighted by atomic mass is 10.2. The van der Waals surface area contributed by atoms with Gasteiger partial charge in [0.15, 0.2) is 23.6 Å². The van der Waals surface area contributed by atoms with E-state index in [0.29, 0.717) is 5.01 Å². The number of aliphatic hydroxyl groups excluding tert-OH is 1. The van der Waals surface area contributed by atoms with Crippen LogP contribution in [-0.2, 0) is 4.79 Å². The first kappa shape index (κ1) is 12.2. The van der Waals surface area contributed by atoms with Crippen molar-refractivity contribution in [2.24, 2.45) is 5.10 Å². The van der Waals surface area contributed by atoms with E-state index in [9.17, 15) is 18.7 Å². The third-order valence-corrected chi connectivity index (χ3v) is 2.28. The zero-order chi connectivity index (χ0) is 13.3. The van der Waals surface area contributed by atoms with Gasteiger partial charge in [-0.15, -0.1) is 0 Å². The summed E-state index contributed by atoms with van der Waals surface area (Å²) in [6.07, 6.45) is 0.699. The van der Waals surface area contributed by atoms with Crippen LogP contribution in [0.15, 0.2) is 35.5 Å². The topological polar surface area (TPSA) is 73.1 Å². The summed E-state index contributed by atoms with van der Waals surface area (Å²) in [4.78, 5) is 10.7. The lowest BCUT2D eigenvalue weighted by Gasteiger charge is -2.26. The number of aliphatic hydroxyl groups is 1. The van der Waals surface area contributed by atoms with Crippen molar-refractivity contribution in [1.82, 2.24) is 0 Å². The summed E-state index contributed by atoms with van der Waals surface area (Å²) >= 11 is 0. The molecule has 0 aromatic heterocycles. The number of para-hydroxylation sites is 1. The van der Waals surface area contributed by atoms with E-state index in [1.165, 1.54) is 0 Å². The van der Waals surface area contributed by atoms with Gasteiger partial charge in [-0.2, -0.15) is 5.10 Å². The maximum atomic E-state index is 13.5. The van der Waals surface area contributed by atoms with Crippen LogP contribution in [0.3, 0.4) is 0 Å². The highest BCUT2D eigenvalue weighted by Gasteiger charge is 2.25. The number of carboxylic acid groups (broad SMARTS) is 1. The molecule has 0 saturated carbocycles. The number of hydrogen-bond acceptors (Lipinski definition) is 4. The zero-order valence-electron chi connectivity index (χ0n) is 8.92. The highest BCUT2D eigenvalue weighted by Crippen LogP contribution is 2.26. The number of anilines is 1. The maximum Gasteiger partial charge on any atom is 0.356 e. The Balaban J connectivity index is 2.49. The minimum Gasteiger partial charge on any atom is -0.476 e. The van der Waals surface area contributed by atoms with Crippen LogP contribution < -0.4 is 5.01 Å². The fourth-order valence-electron chi connectivity index (χ4n) is 1.47. The number of benzene rings is 1. The summed E-state index contributed by atoms with van der Waals surface area (Å²) < 4.78 is 27.0. The molecule has 0 fully saturated rings. The van der Waals surface area contributed by atoms with E-state index in [4.69, 9.17) is 5.11 Å². The Bertz CT molecular complexity index is 537. The summed E-state index contributed by atoms with van der Waals surface area (Å²) in [6.45, 7) is 0. The molecule has 1 aliphatic heterocycles. The fourth-order valence-corrected chi connectivity index (χ4v) is 1.47. The maximum absolute atomic E-state index is 13.5. The van der Waals surface area contributed by atoms with Crippen LogP contribution in [0.2, 0.25) is 0 Å². The van der Waals surface area contributed by atoms with Gasteiger partial charge in [0.05, 0.1) is 0 Å². The zero-order valence-corrected chi connectivity index (χ0v) is 8.92. The average Bonchev–Trinajstić information content (AvgIpc) is 2.30. The Hall–Kier alpha value is -2.28. The molecule has 5 nitrogen and oxygen atoms in total. The number of rotatable bonds is 2. The SMILES string of the molecule is O=C(O)C1=NN(c2c(F)cccc2F)C(O)C=C1. The Kier molecular flexibility index (Phi) is 3.07. The van der Waals surface area contributed by atoms with Crippen molar-refractivity contribution in [3.63, 3.8) is 0 Å². The van der Waals surface area contributed by atoms with Crippen LogP contribution in [0.4, 0.5) is 14.5 Å². The lowest BCUT2D eigenvalue weighted by molar-refractivity contribution is -0.129. The van der Waals surface area contributed by atoms with Crippen LogP contribution in [0.25, 0.3) is 0 Å². The monoisotopic (exact) mass is 254 g/mol. The quantitative estimate of drug-likeness (QED) is 0.828. The molecule has 1 aromatic rings. The standard InChI is InChI=1S/C11H8F2N2O3/c12-6-2-1-3-7(13)10(6)15-9(16)5-4-8(14-15)11(17)18/h1-5,9,16H,(H,17,18). The largest absolute Gasteiger partial charge is 0.476 e. The highest BCUT2D eigenvalue weighted by atomic mass is 19.1. The van der Waals surface area contributed by atoms with E-state index in [1.807, 2.05) is 0 Å². The smallest absolute Gasteiger partial charge is 0.356 e. The fraction of sp³-hybridized carbons (Fsp3) is 0.0909. The number of carbonyl (C=O) groups is 1. The Morgan fingerprint density at radius 1 is 1.33 bits per heavy atom. The van der Waals surface area contributed by atoms with Crippen molar-refractivity contribution in [2.45, 2.75) is 6.23 Å². The molecule has 94 valence electrons. The summed E-state index contributed by atoms with van der Waals surface area (Å²) in [7, 11) is 0. The minimum atomic E-state index is -1.43. The molecule has 1 aromatic carbocycles. The van der Waals surface area contributed by atoms with Gasteiger partial charge in [-0.05, 0) is 24.3 Å². The molecule has 2 N–H and O–H groups in total.